The smallest absolute Gasteiger partial charge is 0.420 e. The standard InChI is InChI=1S/C35H52N6O8S3Si2/c1-20-25(41(32(44)48-20)33(45)49-34(2,3)4)28-38-22(17-51-28)26-35(36,31-40-24(19-52-31)30(43)47-14-16-54(8,9)10)12-11-21(37-26)27-39-23(18-50-27)29(42)46-13-15-53(5,6)7/h17-21,25-26,37H,11-16,36H2,1-10H3/t20-,21-,25+,26-,35-/m1/s1. The van der Waals surface area contributed by atoms with E-state index in [-0.39, 0.29) is 17.4 Å². The molecule has 3 N–H and O–H groups in total. The van der Waals surface area contributed by atoms with E-state index in [9.17, 15) is 19.2 Å². The van der Waals surface area contributed by atoms with Crippen LogP contribution in [0.2, 0.25) is 51.4 Å². The number of nitrogens with zero attached hydrogens (tertiary/aromatic N) is 4. The van der Waals surface area contributed by atoms with E-state index in [1.807, 2.05) is 5.38 Å². The van der Waals surface area contributed by atoms with Crippen molar-refractivity contribution in [3.8, 4) is 0 Å². The van der Waals surface area contributed by atoms with E-state index < -0.39 is 69.6 Å². The lowest BCUT2D eigenvalue weighted by Gasteiger charge is -2.42. The highest BCUT2D eigenvalue weighted by Crippen LogP contribution is 2.47. The zero-order chi connectivity index (χ0) is 39.8. The van der Waals surface area contributed by atoms with Gasteiger partial charge in [0.1, 0.15) is 32.8 Å². The van der Waals surface area contributed by atoms with Crippen LogP contribution in [0.25, 0.3) is 0 Å². The third-order valence-electron chi connectivity index (χ3n) is 8.93. The van der Waals surface area contributed by atoms with Crippen LogP contribution in [0.3, 0.4) is 0 Å². The maximum Gasteiger partial charge on any atom is 0.420 e. The van der Waals surface area contributed by atoms with Crippen molar-refractivity contribution < 1.29 is 38.1 Å². The van der Waals surface area contributed by atoms with E-state index >= 15 is 0 Å². The Hall–Kier alpha value is -3.08. The number of cyclic esters (lactones) is 1. The highest BCUT2D eigenvalue weighted by Gasteiger charge is 2.50. The number of amides is 2. The van der Waals surface area contributed by atoms with E-state index in [2.05, 4.69) is 49.6 Å². The molecule has 0 bridgehead atoms. The summed E-state index contributed by atoms with van der Waals surface area (Å²) in [6, 6.07) is -0.0808. The van der Waals surface area contributed by atoms with Crippen molar-refractivity contribution >= 4 is 74.3 Å². The number of piperidine rings is 1. The van der Waals surface area contributed by atoms with Crippen LogP contribution in [-0.2, 0) is 24.5 Å². The second-order valence-electron chi connectivity index (χ2n) is 17.2. The quantitative estimate of drug-likeness (QED) is 0.102. The molecule has 5 heterocycles. The molecule has 14 nitrogen and oxygen atoms in total. The first-order valence-corrected chi connectivity index (χ1v) is 28.1. The van der Waals surface area contributed by atoms with E-state index in [0.717, 1.165) is 17.0 Å². The third kappa shape index (κ3) is 10.2. The van der Waals surface area contributed by atoms with Crippen molar-refractivity contribution in [1.82, 2.24) is 25.2 Å². The predicted molar refractivity (Wildman–Crippen MR) is 214 cm³/mol. The summed E-state index contributed by atoms with van der Waals surface area (Å²) in [5, 5.41) is 10.5. The Bertz CT molecular complexity index is 1850. The fraction of sp³-hybridized carbons (Fsp3) is 0.629. The van der Waals surface area contributed by atoms with Gasteiger partial charge in [-0.1, -0.05) is 39.3 Å². The lowest BCUT2D eigenvalue weighted by molar-refractivity contribution is 0.0284. The summed E-state index contributed by atoms with van der Waals surface area (Å²) in [5.41, 5.74) is 6.35. The van der Waals surface area contributed by atoms with Gasteiger partial charge < -0.3 is 24.7 Å². The highest BCUT2D eigenvalue weighted by atomic mass is 32.1. The number of carbonyl (C=O) groups excluding carboxylic acids is 4. The monoisotopic (exact) mass is 836 g/mol. The molecule has 0 aromatic carbocycles. The Morgan fingerprint density at radius 3 is 2.09 bits per heavy atom. The van der Waals surface area contributed by atoms with Gasteiger partial charge in [0, 0.05) is 32.3 Å². The zero-order valence-electron chi connectivity index (χ0n) is 32.6. The molecule has 2 saturated heterocycles. The second kappa shape index (κ2) is 16.2. The summed E-state index contributed by atoms with van der Waals surface area (Å²) < 4.78 is 22.1. The molecule has 2 aliphatic heterocycles. The van der Waals surface area contributed by atoms with Gasteiger partial charge in [0.25, 0.3) is 0 Å². The fourth-order valence-corrected chi connectivity index (χ4v) is 10.2. The lowest BCUT2D eigenvalue weighted by Crippen LogP contribution is -2.53. The van der Waals surface area contributed by atoms with E-state index in [1.165, 1.54) is 34.0 Å². The minimum Gasteiger partial charge on any atom is -0.461 e. The molecule has 54 heavy (non-hydrogen) atoms. The number of imide groups is 1. The molecule has 5 rings (SSSR count). The van der Waals surface area contributed by atoms with Crippen LogP contribution in [0.1, 0.15) is 100 Å². The molecule has 0 saturated carbocycles. The number of aromatic nitrogens is 3. The molecular weight excluding hydrogens is 785 g/mol. The van der Waals surface area contributed by atoms with Gasteiger partial charge in [0.05, 0.1) is 36.5 Å². The average molecular weight is 837 g/mol. The normalized spacial score (nSPS) is 23.6. The lowest BCUT2D eigenvalue weighted by atomic mass is 9.79. The third-order valence-corrected chi connectivity index (χ3v) is 15.3. The summed E-state index contributed by atoms with van der Waals surface area (Å²) in [7, 11) is -2.79. The largest absolute Gasteiger partial charge is 0.461 e. The van der Waals surface area contributed by atoms with Crippen molar-refractivity contribution in [1.29, 1.82) is 0 Å². The molecule has 0 unspecified atom stereocenters. The highest BCUT2D eigenvalue weighted by molar-refractivity contribution is 7.10. The minimum atomic E-state index is -1.41. The zero-order valence-corrected chi connectivity index (χ0v) is 37.1. The van der Waals surface area contributed by atoms with Gasteiger partial charge >= 0.3 is 24.1 Å². The molecule has 19 heteroatoms. The van der Waals surface area contributed by atoms with Crippen LogP contribution < -0.4 is 11.1 Å². The minimum absolute atomic E-state index is 0.191. The van der Waals surface area contributed by atoms with Crippen molar-refractivity contribution in [2.75, 3.05) is 13.2 Å². The topological polar surface area (TPSA) is 185 Å². The Morgan fingerprint density at radius 1 is 0.926 bits per heavy atom. The number of esters is 2. The summed E-state index contributed by atoms with van der Waals surface area (Å²) >= 11 is 3.91. The van der Waals surface area contributed by atoms with Gasteiger partial charge in [0.15, 0.2) is 11.4 Å². The predicted octanol–water partition coefficient (Wildman–Crippen LogP) is 7.88. The van der Waals surface area contributed by atoms with Crippen molar-refractivity contribution in [3.63, 3.8) is 0 Å². The van der Waals surface area contributed by atoms with E-state index in [0.29, 0.717) is 46.8 Å². The molecule has 3 aromatic rings. The molecule has 5 atom stereocenters. The number of nitrogens with one attached hydrogen (secondary N) is 1. The van der Waals surface area contributed by atoms with Crippen molar-refractivity contribution in [3.05, 3.63) is 48.2 Å². The molecule has 3 aromatic heterocycles. The van der Waals surface area contributed by atoms with Crippen LogP contribution in [0, 0.1) is 0 Å². The van der Waals surface area contributed by atoms with E-state index in [1.54, 1.807) is 38.5 Å². The second-order valence-corrected chi connectivity index (χ2v) is 31.1. The molecule has 296 valence electrons. The Balaban J connectivity index is 1.44. The number of ether oxygens (including phenoxy) is 4. The van der Waals surface area contributed by atoms with Gasteiger partial charge in [-0.05, 0) is 52.6 Å². The number of carbonyl (C=O) groups is 4. The molecule has 0 spiro atoms. The van der Waals surface area contributed by atoms with E-state index in [4.69, 9.17) is 34.6 Å². The molecular formula is C35H52N6O8S3Si2. The summed E-state index contributed by atoms with van der Waals surface area (Å²) in [6.45, 7) is 20.9. The van der Waals surface area contributed by atoms with Gasteiger partial charge in [0.2, 0.25) is 0 Å². The molecule has 2 amide bonds. The van der Waals surface area contributed by atoms with Crippen LogP contribution >= 0.6 is 34.0 Å². The summed E-state index contributed by atoms with van der Waals surface area (Å²) in [4.78, 5) is 67.3. The summed E-state index contributed by atoms with van der Waals surface area (Å²) in [6.07, 6.45) is -1.35. The SMILES string of the molecule is C[C@H]1OC(=O)N(C(=O)OC(C)(C)C)[C@@H]1c1nc([C@H]2N[C@@H](c3nc(C(=O)OCC[Si](C)(C)C)cs3)CC[C@]2(N)c2nc(C(=O)OCC[Si](C)(C)C)cs2)cs1. The van der Waals surface area contributed by atoms with Crippen LogP contribution in [0.4, 0.5) is 9.59 Å². The van der Waals surface area contributed by atoms with Crippen LogP contribution in [0.5, 0.6) is 0 Å². The number of thiazole rings is 3. The van der Waals surface area contributed by atoms with Crippen molar-refractivity contribution in [2.45, 2.75) is 127 Å². The fourth-order valence-electron chi connectivity index (χ4n) is 5.89. The molecule has 0 aliphatic carbocycles. The Morgan fingerprint density at radius 2 is 1.50 bits per heavy atom. The molecule has 0 radical (unpaired) electrons. The maximum atomic E-state index is 13.2. The number of hydrogen-bond acceptors (Lipinski definition) is 16. The maximum absolute atomic E-state index is 13.2. The van der Waals surface area contributed by atoms with Gasteiger partial charge in [-0.15, -0.1) is 34.0 Å². The Labute approximate surface area is 330 Å². The number of rotatable bonds is 12. The van der Waals surface area contributed by atoms with Crippen LogP contribution in [0.15, 0.2) is 16.1 Å². The van der Waals surface area contributed by atoms with Gasteiger partial charge in [-0.25, -0.2) is 34.1 Å². The van der Waals surface area contributed by atoms with Gasteiger partial charge in [-0.3, -0.25) is 5.32 Å². The summed E-state index contributed by atoms with van der Waals surface area (Å²) in [5.74, 6) is -0.952. The van der Waals surface area contributed by atoms with Crippen LogP contribution in [-0.4, -0.2) is 85.0 Å². The van der Waals surface area contributed by atoms with Gasteiger partial charge in [-0.2, -0.15) is 4.90 Å². The first kappa shape index (κ1) is 42.1. The molecule has 2 aliphatic rings. The van der Waals surface area contributed by atoms with Crippen molar-refractivity contribution in [2.24, 2.45) is 5.73 Å². The Kier molecular flexibility index (Phi) is 12.6. The number of nitrogens with two attached hydrogens (primary N) is 1. The average Bonchev–Trinajstić information content (AvgIpc) is 3.86. The number of hydrogen-bond donors (Lipinski definition) is 2. The first-order valence-electron chi connectivity index (χ1n) is 18.0. The molecule has 2 fully saturated rings. The first-order chi connectivity index (χ1) is 25.0.